The number of phenols is 1. The first-order chi connectivity index (χ1) is 11.1. The summed E-state index contributed by atoms with van der Waals surface area (Å²) >= 11 is 0. The second-order valence-corrected chi connectivity index (χ2v) is 6.21. The fourth-order valence-corrected chi connectivity index (χ4v) is 3.14. The van der Waals surface area contributed by atoms with Crippen LogP contribution in [-0.2, 0) is 19.5 Å². The van der Waals surface area contributed by atoms with Crippen LogP contribution in [0.4, 0.5) is 4.39 Å². The van der Waals surface area contributed by atoms with Crippen molar-refractivity contribution in [1.29, 1.82) is 0 Å². The van der Waals surface area contributed by atoms with Crippen LogP contribution in [0.25, 0.3) is 0 Å². The standard InChI is InChI=1S/C19H22FNO2.ClH/c1-13(3-4-14-5-8-18(22)19(9-14)23-2)21-11-15-6-7-17(20)10-16(15)12-21;/h5-10,13,22H,3-4,11-12H2,1-2H3;1H/t13-;/m1./s1. The van der Waals surface area contributed by atoms with Crippen LogP contribution in [0.1, 0.15) is 30.0 Å². The monoisotopic (exact) mass is 351 g/mol. The van der Waals surface area contributed by atoms with E-state index in [1.807, 2.05) is 18.2 Å². The summed E-state index contributed by atoms with van der Waals surface area (Å²) in [5.41, 5.74) is 3.47. The Morgan fingerprint density at radius 2 is 1.92 bits per heavy atom. The van der Waals surface area contributed by atoms with Gasteiger partial charge < -0.3 is 9.84 Å². The molecule has 1 atom stereocenters. The van der Waals surface area contributed by atoms with Gasteiger partial charge in [-0.1, -0.05) is 12.1 Å². The third-order valence-corrected chi connectivity index (χ3v) is 4.63. The molecule has 0 aromatic heterocycles. The SMILES string of the molecule is COc1cc(CC[C@@H](C)N2Cc3ccc(F)cc3C2)ccc1O.Cl. The van der Waals surface area contributed by atoms with Gasteiger partial charge in [0, 0.05) is 19.1 Å². The maximum atomic E-state index is 13.3. The van der Waals surface area contributed by atoms with Gasteiger partial charge in [-0.15, -0.1) is 12.4 Å². The van der Waals surface area contributed by atoms with E-state index in [1.54, 1.807) is 19.2 Å². The summed E-state index contributed by atoms with van der Waals surface area (Å²) in [6, 6.07) is 11.0. The Morgan fingerprint density at radius 3 is 2.67 bits per heavy atom. The molecule has 1 aliphatic rings. The summed E-state index contributed by atoms with van der Waals surface area (Å²) < 4.78 is 18.5. The number of benzene rings is 2. The molecule has 0 radical (unpaired) electrons. The number of rotatable bonds is 5. The number of nitrogens with zero attached hydrogens (tertiary/aromatic N) is 1. The molecular formula is C19H23ClFNO2. The number of aromatic hydroxyl groups is 1. The van der Waals surface area contributed by atoms with E-state index in [9.17, 15) is 9.50 Å². The Hall–Kier alpha value is -1.78. The minimum Gasteiger partial charge on any atom is -0.504 e. The van der Waals surface area contributed by atoms with Crippen molar-refractivity contribution in [2.45, 2.75) is 38.9 Å². The van der Waals surface area contributed by atoms with E-state index in [0.29, 0.717) is 11.8 Å². The molecule has 0 amide bonds. The fraction of sp³-hybridized carbons (Fsp3) is 0.368. The van der Waals surface area contributed by atoms with Gasteiger partial charge in [0.2, 0.25) is 0 Å². The molecule has 0 spiro atoms. The lowest BCUT2D eigenvalue weighted by Crippen LogP contribution is -2.28. The van der Waals surface area contributed by atoms with Crippen LogP contribution in [0.5, 0.6) is 11.5 Å². The lowest BCUT2D eigenvalue weighted by molar-refractivity contribution is 0.203. The quantitative estimate of drug-likeness (QED) is 0.871. The topological polar surface area (TPSA) is 32.7 Å². The van der Waals surface area contributed by atoms with E-state index in [-0.39, 0.29) is 24.0 Å². The van der Waals surface area contributed by atoms with E-state index >= 15 is 0 Å². The van der Waals surface area contributed by atoms with Crippen molar-refractivity contribution in [1.82, 2.24) is 4.90 Å². The van der Waals surface area contributed by atoms with Crippen LogP contribution < -0.4 is 4.74 Å². The van der Waals surface area contributed by atoms with Crippen LogP contribution in [-0.4, -0.2) is 23.2 Å². The van der Waals surface area contributed by atoms with Crippen molar-refractivity contribution < 1.29 is 14.2 Å². The highest BCUT2D eigenvalue weighted by Gasteiger charge is 2.23. The van der Waals surface area contributed by atoms with Gasteiger partial charge >= 0.3 is 0 Å². The first-order valence-electron chi connectivity index (χ1n) is 7.94. The van der Waals surface area contributed by atoms with E-state index in [0.717, 1.165) is 37.1 Å². The maximum Gasteiger partial charge on any atom is 0.160 e. The fourth-order valence-electron chi connectivity index (χ4n) is 3.14. The number of fused-ring (bicyclic) bond motifs is 1. The molecule has 5 heteroatoms. The Balaban J connectivity index is 0.00000208. The Labute approximate surface area is 148 Å². The molecule has 2 aromatic rings. The highest BCUT2D eigenvalue weighted by molar-refractivity contribution is 5.85. The number of halogens is 2. The van der Waals surface area contributed by atoms with E-state index in [2.05, 4.69) is 11.8 Å². The van der Waals surface area contributed by atoms with Crippen molar-refractivity contribution in [2.75, 3.05) is 7.11 Å². The summed E-state index contributed by atoms with van der Waals surface area (Å²) in [4.78, 5) is 2.38. The molecular weight excluding hydrogens is 329 g/mol. The number of ether oxygens (including phenoxy) is 1. The van der Waals surface area contributed by atoms with E-state index in [1.165, 1.54) is 11.6 Å². The third-order valence-electron chi connectivity index (χ3n) is 4.63. The lowest BCUT2D eigenvalue weighted by Gasteiger charge is -2.23. The van der Waals surface area contributed by atoms with Crippen molar-refractivity contribution in [2.24, 2.45) is 0 Å². The maximum absolute atomic E-state index is 13.3. The second-order valence-electron chi connectivity index (χ2n) is 6.21. The van der Waals surface area contributed by atoms with Crippen LogP contribution in [0.2, 0.25) is 0 Å². The molecule has 3 nitrogen and oxygen atoms in total. The van der Waals surface area contributed by atoms with Gasteiger partial charge in [-0.2, -0.15) is 0 Å². The van der Waals surface area contributed by atoms with E-state index in [4.69, 9.17) is 4.74 Å². The van der Waals surface area contributed by atoms with Crippen molar-refractivity contribution >= 4 is 12.4 Å². The van der Waals surface area contributed by atoms with E-state index < -0.39 is 0 Å². The van der Waals surface area contributed by atoms with Crippen LogP contribution >= 0.6 is 12.4 Å². The summed E-state index contributed by atoms with van der Waals surface area (Å²) in [6.45, 7) is 3.91. The highest BCUT2D eigenvalue weighted by Crippen LogP contribution is 2.29. The Bertz CT molecular complexity index is 708. The molecule has 2 aromatic carbocycles. The molecule has 3 rings (SSSR count). The average molecular weight is 352 g/mol. The molecule has 0 saturated heterocycles. The van der Waals surface area contributed by atoms with Crippen molar-refractivity contribution in [3.63, 3.8) is 0 Å². The summed E-state index contributed by atoms with van der Waals surface area (Å²) in [5, 5.41) is 9.64. The minimum absolute atomic E-state index is 0. The van der Waals surface area contributed by atoms with Gasteiger partial charge in [0.05, 0.1) is 7.11 Å². The first-order valence-corrected chi connectivity index (χ1v) is 7.94. The number of methoxy groups -OCH3 is 1. The van der Waals surface area contributed by atoms with Gasteiger partial charge in [0.15, 0.2) is 11.5 Å². The minimum atomic E-state index is -0.158. The first kappa shape index (κ1) is 18.6. The summed E-state index contributed by atoms with van der Waals surface area (Å²) in [5.74, 6) is 0.523. The molecule has 0 fully saturated rings. The van der Waals surface area contributed by atoms with Gasteiger partial charge in [0.25, 0.3) is 0 Å². The zero-order valence-electron chi connectivity index (χ0n) is 14.0. The van der Waals surface area contributed by atoms with Crippen LogP contribution in [0, 0.1) is 5.82 Å². The molecule has 0 saturated carbocycles. The second kappa shape index (κ2) is 7.86. The molecule has 0 unspecified atom stereocenters. The Morgan fingerprint density at radius 1 is 1.17 bits per heavy atom. The normalized spacial score (nSPS) is 14.8. The number of aryl methyl sites for hydroxylation is 1. The molecule has 1 heterocycles. The molecule has 24 heavy (non-hydrogen) atoms. The zero-order chi connectivity index (χ0) is 16.4. The summed E-state index contributed by atoms with van der Waals surface area (Å²) in [6.07, 6.45) is 1.92. The summed E-state index contributed by atoms with van der Waals surface area (Å²) in [7, 11) is 1.56. The number of hydrogen-bond donors (Lipinski definition) is 1. The smallest absolute Gasteiger partial charge is 0.160 e. The number of hydrogen-bond acceptors (Lipinski definition) is 3. The average Bonchev–Trinajstić information content (AvgIpc) is 2.97. The van der Waals surface area contributed by atoms with Gasteiger partial charge in [-0.05, 0) is 60.7 Å². The predicted octanol–water partition coefficient (Wildman–Crippen LogP) is 4.30. The van der Waals surface area contributed by atoms with Gasteiger partial charge in [-0.25, -0.2) is 4.39 Å². The Kier molecular flexibility index (Phi) is 6.08. The van der Waals surface area contributed by atoms with Crippen LogP contribution in [0.3, 0.4) is 0 Å². The molecule has 1 N–H and O–H groups in total. The molecule has 1 aliphatic heterocycles. The lowest BCUT2D eigenvalue weighted by atomic mass is 10.0. The van der Waals surface area contributed by atoms with Gasteiger partial charge in [0.1, 0.15) is 5.82 Å². The predicted molar refractivity (Wildman–Crippen MR) is 95.3 cm³/mol. The van der Waals surface area contributed by atoms with Crippen molar-refractivity contribution in [3.05, 3.63) is 58.9 Å². The largest absolute Gasteiger partial charge is 0.504 e. The van der Waals surface area contributed by atoms with Crippen LogP contribution in [0.15, 0.2) is 36.4 Å². The third kappa shape index (κ3) is 4.00. The molecule has 130 valence electrons. The van der Waals surface area contributed by atoms with Crippen molar-refractivity contribution in [3.8, 4) is 11.5 Å². The zero-order valence-corrected chi connectivity index (χ0v) is 14.8. The molecule has 0 aliphatic carbocycles. The highest BCUT2D eigenvalue weighted by atomic mass is 35.5. The molecule has 0 bridgehead atoms. The van der Waals surface area contributed by atoms with Gasteiger partial charge in [-0.3, -0.25) is 4.90 Å². The number of phenolic OH excluding ortho intramolecular Hbond substituents is 1.